The molecule has 1 heterocycles. The molecule has 0 saturated heterocycles. The van der Waals surface area contributed by atoms with Gasteiger partial charge in [-0.05, 0) is 37.3 Å². The number of benzene rings is 2. The standard InChI is InChI=1S/C33H49N2/c1-4-5-6-7-8-9-10-11-12-13-20-25-34-26-27-35(29-34)30(2)33(3,32-23-18-15-19-24-32)28-31-21-16-14-17-22-31/h14-19,21-24,26-27,29-30H,4-13,20,25,28H2,1-3H3/q+1. The highest BCUT2D eigenvalue weighted by Crippen LogP contribution is 2.38. The van der Waals surface area contributed by atoms with Gasteiger partial charge in [0, 0.05) is 5.41 Å². The largest absolute Gasteiger partial charge is 0.243 e. The average molecular weight is 474 g/mol. The Morgan fingerprint density at radius 1 is 0.743 bits per heavy atom. The van der Waals surface area contributed by atoms with Crippen molar-refractivity contribution in [2.45, 2.75) is 116 Å². The number of rotatable bonds is 17. The Morgan fingerprint density at radius 2 is 1.29 bits per heavy atom. The lowest BCUT2D eigenvalue weighted by Crippen LogP contribution is -2.36. The van der Waals surface area contributed by atoms with Crippen LogP contribution in [0.4, 0.5) is 0 Å². The number of aryl methyl sites for hydroxylation is 1. The van der Waals surface area contributed by atoms with E-state index in [1.165, 1.54) is 81.8 Å². The van der Waals surface area contributed by atoms with Crippen molar-refractivity contribution in [3.05, 3.63) is 90.5 Å². The second kappa shape index (κ2) is 14.9. The van der Waals surface area contributed by atoms with Gasteiger partial charge in [-0.1, -0.05) is 132 Å². The van der Waals surface area contributed by atoms with Crippen LogP contribution in [0.2, 0.25) is 0 Å². The number of nitrogens with zero attached hydrogens (tertiary/aromatic N) is 2. The fourth-order valence-corrected chi connectivity index (χ4v) is 5.39. The molecular formula is C33H49N2+. The van der Waals surface area contributed by atoms with Crippen LogP contribution in [0.5, 0.6) is 0 Å². The Morgan fingerprint density at radius 3 is 1.89 bits per heavy atom. The fraction of sp³-hybridized carbons (Fsp3) is 0.545. The van der Waals surface area contributed by atoms with Crippen LogP contribution in [0, 0.1) is 0 Å². The molecule has 0 spiro atoms. The Labute approximate surface area is 215 Å². The van der Waals surface area contributed by atoms with Crippen LogP contribution in [0.3, 0.4) is 0 Å². The van der Waals surface area contributed by atoms with Gasteiger partial charge < -0.3 is 0 Å². The molecular weight excluding hydrogens is 424 g/mol. The van der Waals surface area contributed by atoms with Gasteiger partial charge in [0.25, 0.3) is 0 Å². The molecule has 3 rings (SSSR count). The van der Waals surface area contributed by atoms with Gasteiger partial charge in [-0.15, -0.1) is 0 Å². The second-order valence-corrected chi connectivity index (χ2v) is 10.8. The van der Waals surface area contributed by atoms with Crippen LogP contribution in [-0.4, -0.2) is 4.57 Å². The second-order valence-electron chi connectivity index (χ2n) is 10.8. The first-order valence-electron chi connectivity index (χ1n) is 14.3. The molecule has 35 heavy (non-hydrogen) atoms. The molecule has 0 radical (unpaired) electrons. The third-order valence-corrected chi connectivity index (χ3v) is 7.95. The van der Waals surface area contributed by atoms with Gasteiger partial charge >= 0.3 is 0 Å². The van der Waals surface area contributed by atoms with Crippen molar-refractivity contribution in [3.63, 3.8) is 0 Å². The molecule has 0 bridgehead atoms. The van der Waals surface area contributed by atoms with Crippen molar-refractivity contribution in [2.24, 2.45) is 0 Å². The Hall–Kier alpha value is -2.35. The van der Waals surface area contributed by atoms with E-state index in [9.17, 15) is 0 Å². The lowest BCUT2D eigenvalue weighted by atomic mass is 9.72. The molecule has 3 aromatic rings. The first-order chi connectivity index (χ1) is 17.1. The molecule has 2 unspecified atom stereocenters. The molecule has 2 aromatic carbocycles. The summed E-state index contributed by atoms with van der Waals surface area (Å²) in [6.07, 6.45) is 23.2. The highest BCUT2D eigenvalue weighted by molar-refractivity contribution is 5.30. The van der Waals surface area contributed by atoms with Crippen LogP contribution < -0.4 is 4.57 Å². The summed E-state index contributed by atoms with van der Waals surface area (Å²) in [6.45, 7) is 8.22. The molecule has 2 nitrogen and oxygen atoms in total. The van der Waals surface area contributed by atoms with Crippen LogP contribution in [-0.2, 0) is 18.4 Å². The van der Waals surface area contributed by atoms with Gasteiger partial charge in [-0.3, -0.25) is 0 Å². The molecule has 0 fully saturated rings. The maximum Gasteiger partial charge on any atom is 0.243 e. The minimum Gasteiger partial charge on any atom is -0.237 e. The van der Waals surface area contributed by atoms with Crippen molar-refractivity contribution in [3.8, 4) is 0 Å². The van der Waals surface area contributed by atoms with Gasteiger partial charge in [-0.25, -0.2) is 9.13 Å². The van der Waals surface area contributed by atoms with Crippen LogP contribution in [0.1, 0.15) is 109 Å². The van der Waals surface area contributed by atoms with Crippen LogP contribution in [0.25, 0.3) is 0 Å². The third-order valence-electron chi connectivity index (χ3n) is 7.95. The monoisotopic (exact) mass is 473 g/mol. The third kappa shape index (κ3) is 8.67. The molecule has 0 aliphatic carbocycles. The maximum atomic E-state index is 2.43. The lowest BCUT2D eigenvalue weighted by molar-refractivity contribution is -0.697. The molecule has 0 aliphatic heterocycles. The summed E-state index contributed by atoms with van der Waals surface area (Å²) in [7, 11) is 0. The van der Waals surface area contributed by atoms with Gasteiger partial charge in [0.05, 0.1) is 6.54 Å². The van der Waals surface area contributed by atoms with E-state index in [2.05, 4.69) is 109 Å². The topological polar surface area (TPSA) is 8.81 Å². The molecule has 0 N–H and O–H groups in total. The minimum absolute atomic E-state index is 0.00992. The number of unbranched alkanes of at least 4 members (excludes halogenated alkanes) is 10. The molecule has 0 saturated carbocycles. The zero-order chi connectivity index (χ0) is 24.8. The van der Waals surface area contributed by atoms with Crippen LogP contribution >= 0.6 is 0 Å². The van der Waals surface area contributed by atoms with Crippen molar-refractivity contribution in [2.75, 3.05) is 0 Å². The Bertz CT molecular complexity index is 930. The molecule has 2 atom stereocenters. The quantitative estimate of drug-likeness (QED) is 0.137. The average Bonchev–Trinajstić information content (AvgIpc) is 3.36. The zero-order valence-corrected chi connectivity index (χ0v) is 22.7. The number of imidazole rings is 1. The molecule has 0 aliphatic rings. The summed E-state index contributed by atoms with van der Waals surface area (Å²) in [5.74, 6) is 0. The van der Waals surface area contributed by atoms with Crippen molar-refractivity contribution in [1.82, 2.24) is 4.57 Å². The first kappa shape index (κ1) is 27.2. The highest BCUT2D eigenvalue weighted by Gasteiger charge is 2.37. The van der Waals surface area contributed by atoms with Crippen molar-refractivity contribution in [1.29, 1.82) is 0 Å². The summed E-state index contributed by atoms with van der Waals surface area (Å²) in [6, 6.07) is 22.3. The molecule has 2 heteroatoms. The minimum atomic E-state index is 0.00992. The number of aromatic nitrogens is 2. The lowest BCUT2D eigenvalue weighted by Gasteiger charge is -2.34. The van der Waals surface area contributed by atoms with Gasteiger partial charge in [0.2, 0.25) is 6.33 Å². The van der Waals surface area contributed by atoms with E-state index in [1.54, 1.807) is 0 Å². The van der Waals surface area contributed by atoms with Gasteiger partial charge in [0.1, 0.15) is 18.4 Å². The summed E-state index contributed by atoms with van der Waals surface area (Å²) >= 11 is 0. The maximum absolute atomic E-state index is 2.43. The SMILES string of the molecule is CCCCCCCCCCCCC[n+]1ccn(C(C)C(C)(Cc2ccccc2)c2ccccc2)c1. The molecule has 1 aromatic heterocycles. The van der Waals surface area contributed by atoms with Gasteiger partial charge in [-0.2, -0.15) is 0 Å². The van der Waals surface area contributed by atoms with Gasteiger partial charge in [0.15, 0.2) is 0 Å². The smallest absolute Gasteiger partial charge is 0.237 e. The van der Waals surface area contributed by atoms with E-state index in [-0.39, 0.29) is 5.41 Å². The highest BCUT2D eigenvalue weighted by atomic mass is 15.1. The summed E-state index contributed by atoms with van der Waals surface area (Å²) in [5.41, 5.74) is 2.81. The van der Waals surface area contributed by atoms with E-state index < -0.39 is 0 Å². The fourth-order valence-electron chi connectivity index (χ4n) is 5.39. The number of hydrogen-bond donors (Lipinski definition) is 0. The van der Waals surface area contributed by atoms with Crippen LogP contribution in [0.15, 0.2) is 79.4 Å². The van der Waals surface area contributed by atoms with E-state index in [0.29, 0.717) is 6.04 Å². The Kier molecular flexibility index (Phi) is 11.6. The predicted octanol–water partition coefficient (Wildman–Crippen LogP) is 8.85. The van der Waals surface area contributed by atoms with E-state index in [0.717, 1.165) is 13.0 Å². The summed E-state index contributed by atoms with van der Waals surface area (Å²) in [4.78, 5) is 0. The first-order valence-corrected chi connectivity index (χ1v) is 14.3. The van der Waals surface area contributed by atoms with Crippen molar-refractivity contribution < 1.29 is 4.57 Å². The zero-order valence-electron chi connectivity index (χ0n) is 22.7. The summed E-state index contributed by atoms with van der Waals surface area (Å²) in [5, 5.41) is 0. The Balaban J connectivity index is 1.49. The molecule has 190 valence electrons. The van der Waals surface area contributed by atoms with E-state index in [1.807, 2.05) is 0 Å². The predicted molar refractivity (Wildman–Crippen MR) is 150 cm³/mol. The van der Waals surface area contributed by atoms with Crippen molar-refractivity contribution >= 4 is 0 Å². The normalized spacial score (nSPS) is 14.0. The summed E-state index contributed by atoms with van der Waals surface area (Å²) < 4.78 is 4.81. The van der Waals surface area contributed by atoms with E-state index >= 15 is 0 Å². The number of hydrogen-bond acceptors (Lipinski definition) is 0. The molecule has 0 amide bonds. The van der Waals surface area contributed by atoms with E-state index in [4.69, 9.17) is 0 Å².